The SMILES string of the molecule is CS(=O)(=O)Nc1ccc(OC[C@@H](O)CNCCc2ccc(Cl)cc2Cl)cc1. The lowest BCUT2D eigenvalue weighted by Crippen LogP contribution is -2.32. The molecule has 2 aromatic rings. The Hall–Kier alpha value is -1.51. The maximum Gasteiger partial charge on any atom is 0.229 e. The fourth-order valence-corrected chi connectivity index (χ4v) is 3.37. The average molecular weight is 433 g/mol. The Morgan fingerprint density at radius 2 is 1.85 bits per heavy atom. The highest BCUT2D eigenvalue weighted by atomic mass is 35.5. The number of sulfonamides is 1. The summed E-state index contributed by atoms with van der Waals surface area (Å²) in [5, 5.41) is 14.4. The zero-order valence-corrected chi connectivity index (χ0v) is 17.1. The molecule has 0 radical (unpaired) electrons. The van der Waals surface area contributed by atoms with E-state index in [2.05, 4.69) is 10.0 Å². The van der Waals surface area contributed by atoms with E-state index in [-0.39, 0.29) is 6.61 Å². The van der Waals surface area contributed by atoms with Gasteiger partial charge in [0.25, 0.3) is 0 Å². The van der Waals surface area contributed by atoms with Gasteiger partial charge in [0.05, 0.1) is 6.26 Å². The summed E-state index contributed by atoms with van der Waals surface area (Å²) < 4.78 is 30.2. The van der Waals surface area contributed by atoms with E-state index in [9.17, 15) is 13.5 Å². The molecule has 1 atom stereocenters. The monoisotopic (exact) mass is 432 g/mol. The molecule has 3 N–H and O–H groups in total. The highest BCUT2D eigenvalue weighted by molar-refractivity contribution is 7.92. The van der Waals surface area contributed by atoms with Crippen molar-refractivity contribution in [3.63, 3.8) is 0 Å². The van der Waals surface area contributed by atoms with E-state index in [1.54, 1.807) is 36.4 Å². The lowest BCUT2D eigenvalue weighted by Gasteiger charge is -2.14. The van der Waals surface area contributed by atoms with Gasteiger partial charge in [0.15, 0.2) is 0 Å². The molecule has 2 rings (SSSR count). The molecule has 0 bridgehead atoms. The van der Waals surface area contributed by atoms with Gasteiger partial charge in [-0.05, 0) is 54.9 Å². The minimum absolute atomic E-state index is 0.119. The molecule has 27 heavy (non-hydrogen) atoms. The third-order valence-corrected chi connectivity index (χ3v) is 4.76. The van der Waals surface area contributed by atoms with Gasteiger partial charge in [-0.15, -0.1) is 0 Å². The van der Waals surface area contributed by atoms with Crippen LogP contribution in [0.3, 0.4) is 0 Å². The third kappa shape index (κ3) is 8.36. The minimum atomic E-state index is -3.31. The number of hydrogen-bond acceptors (Lipinski definition) is 5. The van der Waals surface area contributed by atoms with Crippen molar-refractivity contribution in [1.82, 2.24) is 5.32 Å². The van der Waals surface area contributed by atoms with Gasteiger partial charge in [0.1, 0.15) is 18.5 Å². The summed E-state index contributed by atoms with van der Waals surface area (Å²) in [4.78, 5) is 0. The quantitative estimate of drug-likeness (QED) is 0.502. The fraction of sp³-hybridized carbons (Fsp3) is 0.333. The Labute approximate surface area is 169 Å². The molecule has 0 fully saturated rings. The molecule has 0 aromatic heterocycles. The molecular weight excluding hydrogens is 411 g/mol. The number of aliphatic hydroxyl groups excluding tert-OH is 1. The molecule has 0 aliphatic carbocycles. The minimum Gasteiger partial charge on any atom is -0.491 e. The van der Waals surface area contributed by atoms with Crippen LogP contribution in [0.2, 0.25) is 10.0 Å². The number of nitrogens with one attached hydrogen (secondary N) is 2. The van der Waals surface area contributed by atoms with Gasteiger partial charge in [0.2, 0.25) is 10.0 Å². The van der Waals surface area contributed by atoms with Crippen LogP contribution in [0.15, 0.2) is 42.5 Å². The number of anilines is 1. The lowest BCUT2D eigenvalue weighted by atomic mass is 10.1. The Balaban J connectivity index is 1.67. The van der Waals surface area contributed by atoms with Gasteiger partial charge in [-0.1, -0.05) is 29.3 Å². The molecular formula is C18H22Cl2N2O4S. The predicted molar refractivity (Wildman–Crippen MR) is 109 cm³/mol. The molecule has 0 heterocycles. The maximum atomic E-state index is 11.2. The maximum absolute atomic E-state index is 11.2. The predicted octanol–water partition coefficient (Wildman–Crippen LogP) is 2.94. The van der Waals surface area contributed by atoms with Crippen LogP contribution in [0.1, 0.15) is 5.56 Å². The first-order valence-electron chi connectivity index (χ1n) is 8.26. The van der Waals surface area contributed by atoms with Crippen LogP contribution >= 0.6 is 23.2 Å². The van der Waals surface area contributed by atoms with E-state index in [4.69, 9.17) is 27.9 Å². The Kier molecular flexibility index (Phi) is 8.19. The van der Waals surface area contributed by atoms with E-state index >= 15 is 0 Å². The van der Waals surface area contributed by atoms with Crippen LogP contribution in [0.4, 0.5) is 5.69 Å². The topological polar surface area (TPSA) is 87.7 Å². The zero-order chi connectivity index (χ0) is 19.9. The molecule has 148 valence electrons. The second-order valence-corrected chi connectivity index (χ2v) is 8.65. The van der Waals surface area contributed by atoms with Crippen molar-refractivity contribution >= 4 is 38.9 Å². The second-order valence-electron chi connectivity index (χ2n) is 6.05. The van der Waals surface area contributed by atoms with Crippen LogP contribution in [0, 0.1) is 0 Å². The first kappa shape index (κ1) is 21.8. The lowest BCUT2D eigenvalue weighted by molar-refractivity contribution is 0.106. The molecule has 9 heteroatoms. The molecule has 0 saturated carbocycles. The van der Waals surface area contributed by atoms with Gasteiger partial charge in [0, 0.05) is 22.3 Å². The zero-order valence-electron chi connectivity index (χ0n) is 14.8. The van der Waals surface area contributed by atoms with E-state index in [1.807, 2.05) is 6.07 Å². The average Bonchev–Trinajstić information content (AvgIpc) is 2.58. The van der Waals surface area contributed by atoms with E-state index < -0.39 is 16.1 Å². The normalized spacial score (nSPS) is 12.6. The number of hydrogen-bond donors (Lipinski definition) is 3. The van der Waals surface area contributed by atoms with Crippen LogP contribution in [-0.2, 0) is 16.4 Å². The van der Waals surface area contributed by atoms with Crippen molar-refractivity contribution in [2.45, 2.75) is 12.5 Å². The van der Waals surface area contributed by atoms with Gasteiger partial charge >= 0.3 is 0 Å². The van der Waals surface area contributed by atoms with E-state index in [0.29, 0.717) is 34.6 Å². The van der Waals surface area contributed by atoms with Crippen LogP contribution in [0.25, 0.3) is 0 Å². The highest BCUT2D eigenvalue weighted by Crippen LogP contribution is 2.21. The van der Waals surface area contributed by atoms with Crippen LogP contribution in [0.5, 0.6) is 5.75 Å². The molecule has 0 amide bonds. The molecule has 2 aromatic carbocycles. The fourth-order valence-electron chi connectivity index (χ4n) is 2.30. The summed E-state index contributed by atoms with van der Waals surface area (Å²) in [6.45, 7) is 1.15. The van der Waals surface area contributed by atoms with Crippen molar-refractivity contribution in [2.24, 2.45) is 0 Å². The van der Waals surface area contributed by atoms with E-state index in [1.165, 1.54) is 0 Å². The molecule has 0 saturated heterocycles. The van der Waals surface area contributed by atoms with Gasteiger partial charge in [-0.2, -0.15) is 0 Å². The molecule has 0 unspecified atom stereocenters. The Bertz CT molecular complexity index is 845. The van der Waals surface area contributed by atoms with Crippen molar-refractivity contribution in [3.8, 4) is 5.75 Å². The smallest absolute Gasteiger partial charge is 0.229 e. The van der Waals surface area contributed by atoms with Crippen molar-refractivity contribution in [2.75, 3.05) is 30.7 Å². The van der Waals surface area contributed by atoms with Crippen molar-refractivity contribution < 1.29 is 18.3 Å². The standard InChI is InChI=1S/C18H22Cl2N2O4S/c1-27(24,25)22-15-4-6-17(7-5-15)26-12-16(23)11-21-9-8-13-2-3-14(19)10-18(13)20/h2-7,10,16,21-23H,8-9,11-12H2,1H3/t16-/m0/s1. The molecule has 6 nitrogen and oxygen atoms in total. The summed E-state index contributed by atoms with van der Waals surface area (Å²) in [6.07, 6.45) is 1.12. The number of benzene rings is 2. The van der Waals surface area contributed by atoms with Crippen molar-refractivity contribution in [3.05, 3.63) is 58.1 Å². The third-order valence-electron chi connectivity index (χ3n) is 3.57. The van der Waals surface area contributed by atoms with Gasteiger partial charge in [-0.25, -0.2) is 8.42 Å². The van der Waals surface area contributed by atoms with E-state index in [0.717, 1.165) is 18.2 Å². The Morgan fingerprint density at radius 1 is 1.15 bits per heavy atom. The summed E-state index contributed by atoms with van der Waals surface area (Å²) in [7, 11) is -3.31. The number of halogens is 2. The number of aliphatic hydroxyl groups is 1. The summed E-state index contributed by atoms with van der Waals surface area (Å²) >= 11 is 12.0. The number of ether oxygens (including phenoxy) is 1. The summed E-state index contributed by atoms with van der Waals surface area (Å²) in [5.41, 5.74) is 1.44. The second kappa shape index (κ2) is 10.1. The first-order valence-corrected chi connectivity index (χ1v) is 10.9. The summed E-state index contributed by atoms with van der Waals surface area (Å²) in [6, 6.07) is 11.8. The van der Waals surface area contributed by atoms with Gasteiger partial charge < -0.3 is 15.2 Å². The molecule has 0 aliphatic heterocycles. The largest absolute Gasteiger partial charge is 0.491 e. The molecule has 0 aliphatic rings. The van der Waals surface area contributed by atoms with Crippen LogP contribution < -0.4 is 14.8 Å². The first-order chi connectivity index (χ1) is 12.7. The summed E-state index contributed by atoms with van der Waals surface area (Å²) in [5.74, 6) is 0.543. The van der Waals surface area contributed by atoms with Gasteiger partial charge in [-0.3, -0.25) is 4.72 Å². The Morgan fingerprint density at radius 3 is 2.48 bits per heavy atom. The molecule has 0 spiro atoms. The van der Waals surface area contributed by atoms with Crippen molar-refractivity contribution in [1.29, 1.82) is 0 Å². The highest BCUT2D eigenvalue weighted by Gasteiger charge is 2.07. The van der Waals surface area contributed by atoms with Crippen LogP contribution in [-0.4, -0.2) is 45.6 Å². The number of rotatable bonds is 10.